The highest BCUT2D eigenvalue weighted by atomic mass is 35.5. The molecule has 2 aromatic carbocycles. The molecule has 1 aliphatic rings. The maximum Gasteiger partial charge on any atom is 0.354 e. The summed E-state index contributed by atoms with van der Waals surface area (Å²) < 4.78 is 15.1. The number of nitrogens with zero attached hydrogens (tertiary/aromatic N) is 4. The van der Waals surface area contributed by atoms with Gasteiger partial charge in [0, 0.05) is 17.3 Å². The third-order valence-corrected chi connectivity index (χ3v) is 4.69. The van der Waals surface area contributed by atoms with Gasteiger partial charge in [-0.05, 0) is 42.0 Å². The minimum absolute atomic E-state index is 0.105. The van der Waals surface area contributed by atoms with Crippen LogP contribution in [0, 0.1) is 5.82 Å². The van der Waals surface area contributed by atoms with Crippen LogP contribution in [-0.2, 0) is 24.4 Å². The number of fused-ring (bicyclic) bond motifs is 1. The molecule has 29 heavy (non-hydrogen) atoms. The van der Waals surface area contributed by atoms with E-state index >= 15 is 0 Å². The zero-order valence-electron chi connectivity index (χ0n) is 15.0. The molecule has 0 bridgehead atoms. The van der Waals surface area contributed by atoms with Gasteiger partial charge in [-0.1, -0.05) is 23.7 Å². The Morgan fingerprint density at radius 3 is 2.62 bits per heavy atom. The molecule has 0 aliphatic carbocycles. The van der Waals surface area contributed by atoms with Gasteiger partial charge in [0.1, 0.15) is 12.4 Å². The van der Waals surface area contributed by atoms with E-state index in [0.717, 1.165) is 9.25 Å². The van der Waals surface area contributed by atoms with Crippen molar-refractivity contribution in [3.05, 3.63) is 81.2 Å². The van der Waals surface area contributed by atoms with Crippen molar-refractivity contribution >= 4 is 29.2 Å². The highest BCUT2D eigenvalue weighted by Crippen LogP contribution is 2.23. The van der Waals surface area contributed by atoms with Crippen LogP contribution >= 0.6 is 11.6 Å². The Kier molecular flexibility index (Phi) is 4.89. The lowest BCUT2D eigenvalue weighted by Gasteiger charge is -2.14. The summed E-state index contributed by atoms with van der Waals surface area (Å²) in [5, 5.41) is 7.23. The molecule has 1 N–H and O–H groups in total. The molecule has 0 saturated carbocycles. The van der Waals surface area contributed by atoms with Gasteiger partial charge in [0.2, 0.25) is 5.91 Å². The first-order valence-electron chi connectivity index (χ1n) is 8.69. The normalized spacial score (nSPS) is 12.9. The van der Waals surface area contributed by atoms with Crippen molar-refractivity contribution in [3.8, 4) is 0 Å². The van der Waals surface area contributed by atoms with Crippen LogP contribution in [-0.4, -0.2) is 26.3 Å². The summed E-state index contributed by atoms with van der Waals surface area (Å²) in [5.74, 6) is -0.634. The van der Waals surface area contributed by atoms with Gasteiger partial charge >= 0.3 is 11.7 Å². The lowest BCUT2D eigenvalue weighted by Crippen LogP contribution is -2.37. The molecule has 0 saturated heterocycles. The van der Waals surface area contributed by atoms with Gasteiger partial charge < -0.3 is 5.32 Å². The topological polar surface area (TPSA) is 89.2 Å². The van der Waals surface area contributed by atoms with Crippen LogP contribution in [0.25, 0.3) is 0 Å². The molecule has 2 amide bonds. The number of anilines is 1. The van der Waals surface area contributed by atoms with Crippen LogP contribution in [0.4, 0.5) is 14.9 Å². The van der Waals surface area contributed by atoms with Crippen molar-refractivity contribution < 1.29 is 14.0 Å². The molecule has 0 atom stereocenters. The van der Waals surface area contributed by atoms with E-state index in [9.17, 15) is 18.8 Å². The number of aromatic nitrogens is 3. The molecule has 148 valence electrons. The average Bonchev–Trinajstić information content (AvgIpc) is 3.17. The molecule has 1 aromatic heterocycles. The Morgan fingerprint density at radius 2 is 1.93 bits per heavy atom. The summed E-state index contributed by atoms with van der Waals surface area (Å²) in [6.45, 7) is -0.127. The van der Waals surface area contributed by atoms with Gasteiger partial charge in [0.25, 0.3) is 0 Å². The van der Waals surface area contributed by atoms with E-state index in [-0.39, 0.29) is 25.5 Å². The van der Waals surface area contributed by atoms with Gasteiger partial charge in [-0.15, -0.1) is 0 Å². The van der Waals surface area contributed by atoms with Crippen LogP contribution in [0.1, 0.15) is 11.4 Å². The molecule has 1 aliphatic heterocycles. The number of benzene rings is 2. The maximum absolute atomic E-state index is 13.2. The Morgan fingerprint density at radius 1 is 1.17 bits per heavy atom. The summed E-state index contributed by atoms with van der Waals surface area (Å²) in [6, 6.07) is 11.9. The first-order valence-corrected chi connectivity index (χ1v) is 9.07. The van der Waals surface area contributed by atoms with E-state index < -0.39 is 23.4 Å². The molecule has 8 nitrogen and oxygen atoms in total. The lowest BCUT2D eigenvalue weighted by molar-refractivity contribution is -0.122. The number of hydrogen-bond acceptors (Lipinski definition) is 4. The van der Waals surface area contributed by atoms with Crippen molar-refractivity contribution in [3.63, 3.8) is 0 Å². The third-order valence-electron chi connectivity index (χ3n) is 4.44. The van der Waals surface area contributed by atoms with Crippen molar-refractivity contribution in [2.45, 2.75) is 19.6 Å². The minimum Gasteiger partial charge on any atom is -0.350 e. The summed E-state index contributed by atoms with van der Waals surface area (Å²) in [5.41, 5.74) is 0.484. The van der Waals surface area contributed by atoms with Crippen LogP contribution in [0.15, 0.2) is 53.3 Å². The molecule has 0 unspecified atom stereocenters. The molecular formula is C19H15ClFN5O3. The van der Waals surface area contributed by atoms with Gasteiger partial charge in [0.15, 0.2) is 5.82 Å². The van der Waals surface area contributed by atoms with Gasteiger partial charge in [0.05, 0.1) is 6.54 Å². The monoisotopic (exact) mass is 415 g/mol. The second kappa shape index (κ2) is 7.51. The van der Waals surface area contributed by atoms with E-state index in [1.54, 1.807) is 36.4 Å². The number of halogens is 2. The van der Waals surface area contributed by atoms with Crippen molar-refractivity contribution in [2.75, 3.05) is 4.90 Å². The molecule has 10 heteroatoms. The summed E-state index contributed by atoms with van der Waals surface area (Å²) in [6.07, 6.45) is 0. The highest BCUT2D eigenvalue weighted by molar-refractivity contribution is 6.30. The molecule has 2 heterocycles. The van der Waals surface area contributed by atoms with Crippen LogP contribution < -0.4 is 15.9 Å². The largest absolute Gasteiger partial charge is 0.354 e. The Balaban J connectivity index is 1.44. The van der Waals surface area contributed by atoms with Crippen LogP contribution in [0.2, 0.25) is 5.02 Å². The smallest absolute Gasteiger partial charge is 0.350 e. The highest BCUT2D eigenvalue weighted by Gasteiger charge is 2.33. The van der Waals surface area contributed by atoms with Crippen molar-refractivity contribution in [2.24, 2.45) is 0 Å². The SMILES string of the molecule is O=C(Cn1nc2n(c1=O)C(=O)N(c1ccc(Cl)cc1)C2)NCc1cccc(F)c1. The van der Waals surface area contributed by atoms with Crippen LogP contribution in [0.3, 0.4) is 0 Å². The molecule has 0 radical (unpaired) electrons. The molecule has 4 rings (SSSR count). The van der Waals surface area contributed by atoms with Crippen molar-refractivity contribution in [1.82, 2.24) is 19.7 Å². The fraction of sp³-hybridized carbons (Fsp3) is 0.158. The third kappa shape index (κ3) is 3.77. The second-order valence-corrected chi connectivity index (χ2v) is 6.88. The standard InChI is InChI=1S/C19H15ClFN5O3/c20-13-4-6-15(7-5-13)24-10-16-23-25(19(29)26(16)18(24)28)11-17(27)22-9-12-2-1-3-14(21)8-12/h1-8H,9-11H2,(H,22,27). The first-order chi connectivity index (χ1) is 13.9. The van der Waals surface area contributed by atoms with E-state index in [4.69, 9.17) is 11.6 Å². The molecule has 0 fully saturated rings. The predicted octanol–water partition coefficient (Wildman–Crippen LogP) is 2.14. The van der Waals surface area contributed by atoms with Gasteiger partial charge in [-0.2, -0.15) is 9.67 Å². The van der Waals surface area contributed by atoms with Crippen LogP contribution in [0.5, 0.6) is 0 Å². The zero-order valence-corrected chi connectivity index (χ0v) is 15.8. The zero-order chi connectivity index (χ0) is 20.5. The Hall–Kier alpha value is -3.46. The maximum atomic E-state index is 13.2. The fourth-order valence-corrected chi connectivity index (χ4v) is 3.17. The quantitative estimate of drug-likeness (QED) is 0.691. The number of nitrogens with one attached hydrogen (secondary N) is 1. The first kappa shape index (κ1) is 18.9. The minimum atomic E-state index is -0.692. The number of carbonyl (C=O) groups is 2. The van der Waals surface area contributed by atoms with E-state index in [1.807, 2.05) is 0 Å². The van der Waals surface area contributed by atoms with E-state index in [1.165, 1.54) is 17.0 Å². The Bertz CT molecular complexity index is 1160. The summed E-state index contributed by atoms with van der Waals surface area (Å²) >= 11 is 5.86. The van der Waals surface area contributed by atoms with E-state index in [2.05, 4.69) is 10.4 Å². The number of hydrogen-bond donors (Lipinski definition) is 1. The molecular weight excluding hydrogens is 401 g/mol. The fourth-order valence-electron chi connectivity index (χ4n) is 3.04. The number of carbonyl (C=O) groups excluding carboxylic acids is 2. The number of amides is 2. The van der Waals surface area contributed by atoms with Gasteiger partial charge in [-0.3, -0.25) is 9.69 Å². The summed E-state index contributed by atoms with van der Waals surface area (Å²) in [4.78, 5) is 38.7. The van der Waals surface area contributed by atoms with E-state index in [0.29, 0.717) is 16.3 Å². The Labute approximate surface area is 169 Å². The molecule has 0 spiro atoms. The molecule has 3 aromatic rings. The van der Waals surface area contributed by atoms with Crippen molar-refractivity contribution in [1.29, 1.82) is 0 Å². The predicted molar refractivity (Wildman–Crippen MR) is 103 cm³/mol. The number of rotatable bonds is 5. The average molecular weight is 416 g/mol. The summed E-state index contributed by atoms with van der Waals surface area (Å²) in [7, 11) is 0. The second-order valence-electron chi connectivity index (χ2n) is 6.44. The lowest BCUT2D eigenvalue weighted by atomic mass is 10.2. The van der Waals surface area contributed by atoms with Gasteiger partial charge in [-0.25, -0.2) is 18.7 Å².